The number of nitrogens with one attached hydrogen (secondary N) is 1. The number of hydrogen-bond donors (Lipinski definition) is 1. The van der Waals surface area contributed by atoms with Crippen LogP contribution in [-0.4, -0.2) is 30.3 Å². The van der Waals surface area contributed by atoms with E-state index < -0.39 is 30.3 Å². The van der Waals surface area contributed by atoms with Crippen LogP contribution in [0.3, 0.4) is 0 Å². The fourth-order valence-corrected chi connectivity index (χ4v) is 6.94. The second-order valence-electron chi connectivity index (χ2n) is 10.9. The Morgan fingerprint density at radius 2 is 1.31 bits per heavy atom. The quantitative estimate of drug-likeness (QED) is 0.238. The second-order valence-corrected chi connectivity index (χ2v) is 11.3. The van der Waals surface area contributed by atoms with Crippen LogP contribution < -0.4 is 10.2 Å². The van der Waals surface area contributed by atoms with Gasteiger partial charge in [0, 0.05) is 22.5 Å². The molecular weight excluding hydrogens is 552 g/mol. The third-order valence-electron chi connectivity index (χ3n) is 8.60. The van der Waals surface area contributed by atoms with E-state index in [-0.39, 0.29) is 29.2 Å². The van der Waals surface area contributed by atoms with Crippen molar-refractivity contribution < 1.29 is 23.9 Å². The third kappa shape index (κ3) is 4.03. The normalized spacial score (nSPS) is 21.4. The van der Waals surface area contributed by atoms with Gasteiger partial charge in [0.25, 0.3) is 5.91 Å². The lowest BCUT2D eigenvalue weighted by atomic mass is 9.55. The first kappa shape index (κ1) is 26.2. The maximum atomic E-state index is 13.9. The van der Waals surface area contributed by atoms with Gasteiger partial charge in [0.1, 0.15) is 0 Å². The van der Waals surface area contributed by atoms with Crippen molar-refractivity contribution in [2.45, 2.75) is 18.8 Å². The number of carbonyl (C=O) groups is 4. The van der Waals surface area contributed by atoms with E-state index in [0.29, 0.717) is 16.4 Å². The number of imide groups is 1. The van der Waals surface area contributed by atoms with Gasteiger partial charge in [0.2, 0.25) is 11.8 Å². The number of rotatable bonds is 5. The first-order valence-electron chi connectivity index (χ1n) is 13.7. The summed E-state index contributed by atoms with van der Waals surface area (Å²) in [7, 11) is 0. The van der Waals surface area contributed by atoms with E-state index in [0.717, 1.165) is 27.8 Å². The zero-order valence-corrected chi connectivity index (χ0v) is 23.3. The number of halogens is 1. The Morgan fingerprint density at radius 1 is 0.786 bits per heavy atom. The number of amides is 3. The van der Waals surface area contributed by atoms with Crippen LogP contribution in [0.25, 0.3) is 0 Å². The summed E-state index contributed by atoms with van der Waals surface area (Å²) in [6, 6.07) is 27.4. The van der Waals surface area contributed by atoms with Gasteiger partial charge in [-0.15, -0.1) is 0 Å². The smallest absolute Gasteiger partial charge is 0.338 e. The molecule has 4 aromatic carbocycles. The molecule has 0 aromatic heterocycles. The highest BCUT2D eigenvalue weighted by molar-refractivity contribution is 6.31. The summed E-state index contributed by atoms with van der Waals surface area (Å²) in [5.74, 6) is -3.02. The van der Waals surface area contributed by atoms with Gasteiger partial charge in [-0.05, 0) is 71.1 Å². The second kappa shape index (κ2) is 9.96. The van der Waals surface area contributed by atoms with Crippen LogP contribution in [0, 0.1) is 18.8 Å². The van der Waals surface area contributed by atoms with Crippen LogP contribution in [0.5, 0.6) is 0 Å². The zero-order valence-electron chi connectivity index (χ0n) is 22.5. The Bertz CT molecular complexity index is 1680. The minimum atomic E-state index is -0.699. The standard InChI is InChI=1S/C34H25ClN2O5/c1-18-10-13-20(16-26(18)35)36-27(38)17-42-34(41)19-11-14-21(15-12-19)37-32(39)30-28-22-6-2-3-7-23(22)29(31(30)33(37)40)25-9-5-4-8-24(25)28/h2-16,28-31H,17H2,1H3,(H,36,38)/t28?,29?,30-,31-/m1/s1. The molecule has 208 valence electrons. The lowest BCUT2D eigenvalue weighted by Crippen LogP contribution is -2.41. The number of carbonyl (C=O) groups excluding carboxylic acids is 4. The van der Waals surface area contributed by atoms with Crippen molar-refractivity contribution in [3.05, 3.63) is 129 Å². The molecule has 8 rings (SSSR count). The van der Waals surface area contributed by atoms with Crippen molar-refractivity contribution in [2.75, 3.05) is 16.8 Å². The summed E-state index contributed by atoms with van der Waals surface area (Å²) >= 11 is 6.10. The molecule has 1 saturated heterocycles. The number of anilines is 2. The first-order chi connectivity index (χ1) is 20.3. The van der Waals surface area contributed by atoms with Crippen molar-refractivity contribution in [2.24, 2.45) is 11.8 Å². The molecule has 8 heteroatoms. The fraction of sp³-hybridized carbons (Fsp3) is 0.176. The first-order valence-corrected chi connectivity index (χ1v) is 14.1. The van der Waals surface area contributed by atoms with Crippen LogP contribution in [0.2, 0.25) is 5.02 Å². The van der Waals surface area contributed by atoms with E-state index in [4.69, 9.17) is 16.3 Å². The number of benzene rings is 4. The summed E-state index contributed by atoms with van der Waals surface area (Å²) in [6.45, 7) is 1.37. The summed E-state index contributed by atoms with van der Waals surface area (Å²) in [6.07, 6.45) is 0. The van der Waals surface area contributed by atoms with Crippen LogP contribution >= 0.6 is 11.6 Å². The molecule has 3 amide bonds. The molecule has 1 N–H and O–H groups in total. The van der Waals surface area contributed by atoms with Crippen molar-refractivity contribution in [1.29, 1.82) is 0 Å². The van der Waals surface area contributed by atoms with Crippen LogP contribution in [0.15, 0.2) is 91.0 Å². The van der Waals surface area contributed by atoms with Gasteiger partial charge in [-0.3, -0.25) is 14.4 Å². The van der Waals surface area contributed by atoms with E-state index in [9.17, 15) is 19.2 Å². The zero-order chi connectivity index (χ0) is 29.1. The summed E-state index contributed by atoms with van der Waals surface area (Å²) in [5.41, 5.74) is 6.41. The van der Waals surface area contributed by atoms with E-state index in [2.05, 4.69) is 29.6 Å². The minimum absolute atomic E-state index is 0.190. The minimum Gasteiger partial charge on any atom is -0.452 e. The van der Waals surface area contributed by atoms with Crippen molar-refractivity contribution in [3.8, 4) is 0 Å². The van der Waals surface area contributed by atoms with Gasteiger partial charge in [-0.25, -0.2) is 9.69 Å². The lowest BCUT2D eigenvalue weighted by molar-refractivity contribution is -0.122. The summed E-state index contributed by atoms with van der Waals surface area (Å²) < 4.78 is 5.18. The molecule has 1 heterocycles. The Balaban J connectivity index is 1.08. The number of esters is 1. The predicted molar refractivity (Wildman–Crippen MR) is 158 cm³/mol. The number of aryl methyl sites for hydroxylation is 1. The molecule has 0 unspecified atom stereocenters. The highest BCUT2D eigenvalue weighted by atomic mass is 35.5. The molecule has 0 saturated carbocycles. The van der Waals surface area contributed by atoms with Gasteiger partial charge in [0.15, 0.2) is 6.61 Å². The Morgan fingerprint density at radius 3 is 1.81 bits per heavy atom. The van der Waals surface area contributed by atoms with E-state index >= 15 is 0 Å². The molecule has 2 bridgehead atoms. The Hall–Kier alpha value is -4.75. The highest BCUT2D eigenvalue weighted by Crippen LogP contribution is 2.61. The van der Waals surface area contributed by atoms with E-state index in [1.807, 2.05) is 31.2 Å². The average molecular weight is 577 g/mol. The number of ether oxygens (including phenoxy) is 1. The Labute approximate surface area is 247 Å². The Kier molecular flexibility index (Phi) is 6.21. The van der Waals surface area contributed by atoms with Gasteiger partial charge < -0.3 is 10.1 Å². The SMILES string of the molecule is Cc1ccc(NC(=O)COC(=O)c2ccc(N3C(=O)[C@@H]4C5c6ccccc6C(c6ccccc65)[C@H]4C3=O)cc2)cc1Cl. The van der Waals surface area contributed by atoms with Crippen molar-refractivity contribution >= 4 is 46.7 Å². The summed E-state index contributed by atoms with van der Waals surface area (Å²) in [5, 5.41) is 3.15. The van der Waals surface area contributed by atoms with Gasteiger partial charge >= 0.3 is 5.97 Å². The molecule has 7 nitrogen and oxygen atoms in total. The summed E-state index contributed by atoms with van der Waals surface area (Å²) in [4.78, 5) is 54.0. The molecule has 0 spiro atoms. The van der Waals surface area contributed by atoms with Crippen LogP contribution in [0.4, 0.5) is 11.4 Å². The molecule has 4 aliphatic rings. The molecular formula is C34H25ClN2O5. The third-order valence-corrected chi connectivity index (χ3v) is 9.01. The molecule has 4 aromatic rings. The van der Waals surface area contributed by atoms with E-state index in [1.165, 1.54) is 17.0 Å². The van der Waals surface area contributed by atoms with Crippen LogP contribution in [-0.2, 0) is 19.1 Å². The topological polar surface area (TPSA) is 92.8 Å². The molecule has 42 heavy (non-hydrogen) atoms. The molecule has 0 radical (unpaired) electrons. The molecule has 1 aliphatic heterocycles. The predicted octanol–water partition coefficient (Wildman–Crippen LogP) is 5.84. The van der Waals surface area contributed by atoms with E-state index in [1.54, 1.807) is 30.3 Å². The number of hydrogen-bond acceptors (Lipinski definition) is 5. The highest BCUT2D eigenvalue weighted by Gasteiger charge is 2.61. The van der Waals surface area contributed by atoms with Crippen molar-refractivity contribution in [1.82, 2.24) is 0 Å². The lowest BCUT2D eigenvalue weighted by Gasteiger charge is -2.45. The fourth-order valence-electron chi connectivity index (χ4n) is 6.76. The van der Waals surface area contributed by atoms with Gasteiger partial charge in [0.05, 0.1) is 23.1 Å². The largest absolute Gasteiger partial charge is 0.452 e. The monoisotopic (exact) mass is 576 g/mol. The molecule has 3 aliphatic carbocycles. The average Bonchev–Trinajstić information content (AvgIpc) is 3.28. The molecule has 1 fully saturated rings. The maximum absolute atomic E-state index is 13.9. The number of nitrogens with zero attached hydrogens (tertiary/aromatic N) is 1. The van der Waals surface area contributed by atoms with Crippen molar-refractivity contribution in [3.63, 3.8) is 0 Å². The maximum Gasteiger partial charge on any atom is 0.338 e. The van der Waals surface area contributed by atoms with Crippen LogP contribution in [0.1, 0.15) is 50.0 Å². The van der Waals surface area contributed by atoms with Gasteiger partial charge in [-0.1, -0.05) is 66.2 Å². The van der Waals surface area contributed by atoms with Gasteiger partial charge in [-0.2, -0.15) is 0 Å². The molecule has 2 atom stereocenters.